The number of rotatable bonds is 5. The summed E-state index contributed by atoms with van der Waals surface area (Å²) >= 11 is 0. The van der Waals surface area contributed by atoms with Crippen LogP contribution in [0.15, 0.2) is 48.5 Å². The molecule has 2 N–H and O–H groups in total. The Hall–Kier alpha value is -2.33. The Morgan fingerprint density at radius 2 is 1.62 bits per heavy atom. The molecule has 4 nitrogen and oxygen atoms in total. The molecule has 1 aliphatic carbocycles. The smallest absolute Gasteiger partial charge is 0.407 e. The van der Waals surface area contributed by atoms with E-state index >= 15 is 0 Å². The van der Waals surface area contributed by atoms with E-state index in [1.165, 1.54) is 22.3 Å². The van der Waals surface area contributed by atoms with Crippen molar-refractivity contribution in [2.24, 2.45) is 5.41 Å². The molecule has 0 heterocycles. The van der Waals surface area contributed by atoms with E-state index < -0.39 is 6.09 Å². The van der Waals surface area contributed by atoms with Gasteiger partial charge in [-0.05, 0) is 34.1 Å². The number of nitrogens with one attached hydrogen (secondary N) is 1. The molecule has 0 fully saturated rings. The van der Waals surface area contributed by atoms with Gasteiger partial charge in [0.15, 0.2) is 0 Å². The minimum atomic E-state index is -0.430. The number of aliphatic hydroxyl groups excluding tert-OH is 1. The topological polar surface area (TPSA) is 58.6 Å². The van der Waals surface area contributed by atoms with E-state index in [4.69, 9.17) is 4.74 Å². The summed E-state index contributed by atoms with van der Waals surface area (Å²) in [4.78, 5) is 12.3. The van der Waals surface area contributed by atoms with Gasteiger partial charge in [0.1, 0.15) is 6.61 Å². The maximum atomic E-state index is 12.3. The maximum Gasteiger partial charge on any atom is 0.407 e. The molecule has 0 bridgehead atoms. The third-order valence-corrected chi connectivity index (χ3v) is 5.10. The number of amides is 1. The average molecular weight is 353 g/mol. The zero-order valence-corrected chi connectivity index (χ0v) is 15.7. The first-order valence-electron chi connectivity index (χ1n) is 9.14. The molecule has 3 rings (SSSR count). The second kappa shape index (κ2) is 7.50. The molecule has 2 aromatic carbocycles. The third-order valence-electron chi connectivity index (χ3n) is 5.10. The molecular weight excluding hydrogens is 326 g/mol. The summed E-state index contributed by atoms with van der Waals surface area (Å²) in [5, 5.41) is 12.2. The Morgan fingerprint density at radius 3 is 2.12 bits per heavy atom. The van der Waals surface area contributed by atoms with E-state index in [-0.39, 0.29) is 24.0 Å². The van der Waals surface area contributed by atoms with Gasteiger partial charge in [-0.3, -0.25) is 0 Å². The van der Waals surface area contributed by atoms with Crippen molar-refractivity contribution in [3.05, 3.63) is 59.7 Å². The highest BCUT2D eigenvalue weighted by Gasteiger charge is 2.30. The van der Waals surface area contributed by atoms with E-state index in [2.05, 4.69) is 29.6 Å². The van der Waals surface area contributed by atoms with Crippen LogP contribution in [0.4, 0.5) is 4.79 Å². The number of aliphatic hydroxyl groups is 1. The summed E-state index contributed by atoms with van der Waals surface area (Å²) in [6.07, 6.45) is 0.0773. The molecule has 1 aliphatic rings. The highest BCUT2D eigenvalue weighted by Crippen LogP contribution is 2.44. The number of hydrogen-bond acceptors (Lipinski definition) is 3. The number of carbonyl (C=O) groups excluding carboxylic acids is 1. The second-order valence-corrected chi connectivity index (χ2v) is 7.90. The van der Waals surface area contributed by atoms with Gasteiger partial charge in [-0.15, -0.1) is 0 Å². The van der Waals surface area contributed by atoms with Crippen molar-refractivity contribution in [3.63, 3.8) is 0 Å². The molecule has 4 heteroatoms. The Kier molecular flexibility index (Phi) is 5.33. The van der Waals surface area contributed by atoms with Gasteiger partial charge >= 0.3 is 6.09 Å². The lowest BCUT2D eigenvalue weighted by Gasteiger charge is -2.30. The van der Waals surface area contributed by atoms with E-state index in [0.717, 1.165) is 0 Å². The highest BCUT2D eigenvalue weighted by molar-refractivity contribution is 5.79. The summed E-state index contributed by atoms with van der Waals surface area (Å²) in [6, 6.07) is 16.4. The number of ether oxygens (including phenoxy) is 1. The van der Waals surface area contributed by atoms with Crippen LogP contribution in [0.5, 0.6) is 0 Å². The van der Waals surface area contributed by atoms with E-state index in [1.54, 1.807) is 0 Å². The third kappa shape index (κ3) is 3.75. The van der Waals surface area contributed by atoms with Gasteiger partial charge in [-0.25, -0.2) is 4.79 Å². The fourth-order valence-corrected chi connectivity index (χ4v) is 3.63. The van der Waals surface area contributed by atoms with Crippen LogP contribution in [0.1, 0.15) is 44.2 Å². The standard InChI is InChI=1S/C22H27NO3/c1-22(2,3)20(12-13-24)23-21(25)26-14-19-17-10-6-4-8-15(17)16-9-5-7-11-18(16)19/h4-11,19-20,24H,12-14H2,1-3H3,(H,23,25). The molecule has 138 valence electrons. The summed E-state index contributed by atoms with van der Waals surface area (Å²) in [5.41, 5.74) is 4.68. The molecule has 0 saturated carbocycles. The first kappa shape index (κ1) is 18.5. The Balaban J connectivity index is 1.71. The normalized spacial score (nSPS) is 14.5. The Labute approximate surface area is 155 Å². The molecule has 2 aromatic rings. The molecule has 1 unspecified atom stereocenters. The predicted molar refractivity (Wildman–Crippen MR) is 103 cm³/mol. The van der Waals surface area contributed by atoms with E-state index in [1.807, 2.05) is 45.0 Å². The second-order valence-electron chi connectivity index (χ2n) is 7.90. The summed E-state index contributed by atoms with van der Waals surface area (Å²) in [6.45, 7) is 6.45. The monoisotopic (exact) mass is 353 g/mol. The van der Waals surface area contributed by atoms with Crippen molar-refractivity contribution in [1.82, 2.24) is 5.32 Å². The van der Waals surface area contributed by atoms with Gasteiger partial charge in [0.25, 0.3) is 0 Å². The van der Waals surface area contributed by atoms with Gasteiger partial charge < -0.3 is 15.2 Å². The minimum absolute atomic E-state index is 0.0333. The van der Waals surface area contributed by atoms with Crippen LogP contribution in [0.25, 0.3) is 11.1 Å². The quantitative estimate of drug-likeness (QED) is 0.841. The fraction of sp³-hybridized carbons (Fsp3) is 0.409. The van der Waals surface area contributed by atoms with Crippen molar-refractivity contribution in [2.45, 2.75) is 39.2 Å². The van der Waals surface area contributed by atoms with Crippen LogP contribution in [-0.2, 0) is 4.74 Å². The van der Waals surface area contributed by atoms with Crippen molar-refractivity contribution in [3.8, 4) is 11.1 Å². The summed E-state index contributed by atoms with van der Waals surface area (Å²) in [7, 11) is 0. The van der Waals surface area contributed by atoms with Crippen LogP contribution in [0, 0.1) is 5.41 Å². The van der Waals surface area contributed by atoms with Gasteiger partial charge in [0, 0.05) is 18.6 Å². The molecular formula is C22H27NO3. The predicted octanol–water partition coefficient (Wildman–Crippen LogP) is 4.32. The zero-order chi connectivity index (χ0) is 18.7. The van der Waals surface area contributed by atoms with Crippen LogP contribution < -0.4 is 5.32 Å². The molecule has 0 radical (unpaired) electrons. The Morgan fingerprint density at radius 1 is 1.08 bits per heavy atom. The molecule has 1 atom stereocenters. The lowest BCUT2D eigenvalue weighted by molar-refractivity contribution is 0.123. The fourth-order valence-electron chi connectivity index (χ4n) is 3.63. The van der Waals surface area contributed by atoms with Crippen molar-refractivity contribution >= 4 is 6.09 Å². The minimum Gasteiger partial charge on any atom is -0.449 e. The lowest BCUT2D eigenvalue weighted by Crippen LogP contribution is -2.44. The van der Waals surface area contributed by atoms with E-state index in [0.29, 0.717) is 13.0 Å². The van der Waals surface area contributed by atoms with Crippen molar-refractivity contribution in [2.75, 3.05) is 13.2 Å². The molecule has 26 heavy (non-hydrogen) atoms. The van der Waals surface area contributed by atoms with Crippen LogP contribution in [0.2, 0.25) is 0 Å². The van der Waals surface area contributed by atoms with Gasteiger partial charge in [-0.1, -0.05) is 69.3 Å². The van der Waals surface area contributed by atoms with Crippen molar-refractivity contribution < 1.29 is 14.6 Å². The van der Waals surface area contributed by atoms with Crippen molar-refractivity contribution in [1.29, 1.82) is 0 Å². The van der Waals surface area contributed by atoms with Crippen LogP contribution in [0.3, 0.4) is 0 Å². The number of alkyl carbamates (subject to hydrolysis) is 1. The van der Waals surface area contributed by atoms with Gasteiger partial charge in [0.2, 0.25) is 0 Å². The SMILES string of the molecule is CC(C)(C)C(CCO)NC(=O)OCC1c2ccccc2-c2ccccc21. The lowest BCUT2D eigenvalue weighted by atomic mass is 9.85. The summed E-state index contributed by atoms with van der Waals surface area (Å²) in [5.74, 6) is 0.0547. The zero-order valence-electron chi connectivity index (χ0n) is 15.7. The van der Waals surface area contributed by atoms with Crippen LogP contribution >= 0.6 is 0 Å². The maximum absolute atomic E-state index is 12.3. The molecule has 0 aliphatic heterocycles. The first-order valence-corrected chi connectivity index (χ1v) is 9.14. The molecule has 0 aromatic heterocycles. The molecule has 0 saturated heterocycles. The average Bonchev–Trinajstić information content (AvgIpc) is 2.93. The molecule has 0 spiro atoms. The molecule has 1 amide bonds. The van der Waals surface area contributed by atoms with Gasteiger partial charge in [0.05, 0.1) is 0 Å². The number of fused-ring (bicyclic) bond motifs is 3. The highest BCUT2D eigenvalue weighted by atomic mass is 16.5. The first-order chi connectivity index (χ1) is 12.4. The Bertz CT molecular complexity index is 733. The number of carbonyl (C=O) groups is 1. The number of hydrogen-bond donors (Lipinski definition) is 2. The summed E-state index contributed by atoms with van der Waals surface area (Å²) < 4.78 is 5.58. The van der Waals surface area contributed by atoms with E-state index in [9.17, 15) is 9.90 Å². The van der Waals surface area contributed by atoms with Gasteiger partial charge in [-0.2, -0.15) is 0 Å². The van der Waals surface area contributed by atoms with Crippen LogP contribution in [-0.4, -0.2) is 30.5 Å². The largest absolute Gasteiger partial charge is 0.449 e. The number of benzene rings is 2.